The molecule has 3 heteroatoms. The molecular weight excluding hydrogens is 200 g/mol. The molecule has 1 heterocycles. The van der Waals surface area contributed by atoms with Gasteiger partial charge in [-0.05, 0) is 25.0 Å². The number of hydrogen-bond donors (Lipinski definition) is 1. The van der Waals surface area contributed by atoms with Gasteiger partial charge in [0.25, 0.3) is 0 Å². The maximum atomic E-state index is 9.59. The maximum Gasteiger partial charge on any atom is 0.124 e. The van der Waals surface area contributed by atoms with Crippen LogP contribution in [0.5, 0.6) is 5.75 Å². The lowest BCUT2D eigenvalue weighted by Gasteiger charge is -2.15. The molecule has 1 aliphatic rings. The zero-order valence-electron chi connectivity index (χ0n) is 9.47. The summed E-state index contributed by atoms with van der Waals surface area (Å²) in [5, 5.41) is 16.1. The average Bonchev–Trinajstić information content (AvgIpc) is 2.56. The Morgan fingerprint density at radius 3 is 2.44 bits per heavy atom. The van der Waals surface area contributed by atoms with Gasteiger partial charge >= 0.3 is 0 Å². The molecule has 3 nitrogen and oxygen atoms in total. The monoisotopic (exact) mass is 218 g/mol. The number of hydrogen-bond acceptors (Lipinski definition) is 3. The zero-order chi connectivity index (χ0) is 11.2. The number of para-hydroxylation sites is 1. The summed E-state index contributed by atoms with van der Waals surface area (Å²) < 4.78 is 0. The van der Waals surface area contributed by atoms with Gasteiger partial charge in [0.15, 0.2) is 0 Å². The number of nitrogens with zero attached hydrogens (tertiary/aromatic N) is 2. The molecule has 1 aromatic rings. The van der Waals surface area contributed by atoms with E-state index in [1.54, 1.807) is 12.3 Å². The summed E-state index contributed by atoms with van der Waals surface area (Å²) in [5.74, 6) is 0.293. The molecule has 2 rings (SSSR count). The van der Waals surface area contributed by atoms with Crippen LogP contribution in [0.25, 0.3) is 0 Å². The summed E-state index contributed by atoms with van der Waals surface area (Å²) in [4.78, 5) is 0. The Morgan fingerprint density at radius 1 is 1.06 bits per heavy atom. The Bertz CT molecular complexity index is 355. The molecule has 0 radical (unpaired) electrons. The molecule has 86 valence electrons. The lowest BCUT2D eigenvalue weighted by atomic mass is 10.2. The van der Waals surface area contributed by atoms with Crippen molar-refractivity contribution in [1.29, 1.82) is 0 Å². The highest BCUT2D eigenvalue weighted by atomic mass is 16.3. The molecule has 0 unspecified atom stereocenters. The van der Waals surface area contributed by atoms with E-state index in [2.05, 4.69) is 10.1 Å². The summed E-state index contributed by atoms with van der Waals surface area (Å²) in [6.07, 6.45) is 6.81. The first-order valence-corrected chi connectivity index (χ1v) is 5.93. The van der Waals surface area contributed by atoms with E-state index in [1.807, 2.05) is 18.2 Å². The van der Waals surface area contributed by atoms with Gasteiger partial charge in [-0.25, -0.2) is 0 Å². The minimum atomic E-state index is 0.293. The molecular formula is C13H18N2O. The first-order chi connectivity index (χ1) is 7.86. The van der Waals surface area contributed by atoms with Crippen molar-refractivity contribution in [2.75, 3.05) is 13.1 Å². The van der Waals surface area contributed by atoms with Gasteiger partial charge in [-0.1, -0.05) is 25.0 Å². The molecule has 0 atom stereocenters. The summed E-state index contributed by atoms with van der Waals surface area (Å²) in [7, 11) is 0. The van der Waals surface area contributed by atoms with E-state index < -0.39 is 0 Å². The van der Waals surface area contributed by atoms with Gasteiger partial charge in [-0.15, -0.1) is 0 Å². The molecule has 0 aromatic heterocycles. The Hall–Kier alpha value is -1.51. The van der Waals surface area contributed by atoms with E-state index >= 15 is 0 Å². The molecule has 0 bridgehead atoms. The zero-order valence-corrected chi connectivity index (χ0v) is 9.47. The van der Waals surface area contributed by atoms with E-state index in [0.29, 0.717) is 5.75 Å². The van der Waals surface area contributed by atoms with Gasteiger partial charge in [-0.3, -0.25) is 5.01 Å². The van der Waals surface area contributed by atoms with Crippen molar-refractivity contribution in [1.82, 2.24) is 5.01 Å². The third-order valence-electron chi connectivity index (χ3n) is 2.88. The van der Waals surface area contributed by atoms with Crippen LogP contribution in [0.1, 0.15) is 31.2 Å². The lowest BCUT2D eigenvalue weighted by Crippen LogP contribution is -2.18. The van der Waals surface area contributed by atoms with Gasteiger partial charge < -0.3 is 5.11 Å². The number of phenols is 1. The highest BCUT2D eigenvalue weighted by molar-refractivity contribution is 5.82. The van der Waals surface area contributed by atoms with Crippen molar-refractivity contribution in [2.45, 2.75) is 25.7 Å². The minimum Gasteiger partial charge on any atom is -0.507 e. The van der Waals surface area contributed by atoms with Crippen LogP contribution in [-0.2, 0) is 0 Å². The fourth-order valence-electron chi connectivity index (χ4n) is 1.91. The highest BCUT2D eigenvalue weighted by Gasteiger charge is 2.05. The van der Waals surface area contributed by atoms with E-state index in [1.165, 1.54) is 25.7 Å². The largest absolute Gasteiger partial charge is 0.507 e. The smallest absolute Gasteiger partial charge is 0.124 e. The Morgan fingerprint density at radius 2 is 1.75 bits per heavy atom. The van der Waals surface area contributed by atoms with Crippen molar-refractivity contribution in [2.24, 2.45) is 5.10 Å². The van der Waals surface area contributed by atoms with E-state index in [4.69, 9.17) is 0 Å². The van der Waals surface area contributed by atoms with Crippen molar-refractivity contribution >= 4 is 6.21 Å². The van der Waals surface area contributed by atoms with Crippen molar-refractivity contribution < 1.29 is 5.11 Å². The van der Waals surface area contributed by atoms with E-state index in [9.17, 15) is 5.11 Å². The molecule has 1 aliphatic heterocycles. The highest BCUT2D eigenvalue weighted by Crippen LogP contribution is 2.14. The van der Waals surface area contributed by atoms with Crippen LogP contribution < -0.4 is 0 Å². The predicted molar refractivity (Wildman–Crippen MR) is 65.7 cm³/mol. The van der Waals surface area contributed by atoms with Crippen LogP contribution >= 0.6 is 0 Å². The average molecular weight is 218 g/mol. The molecule has 0 amide bonds. The summed E-state index contributed by atoms with van der Waals surface area (Å²) in [6.45, 7) is 2.06. The summed E-state index contributed by atoms with van der Waals surface area (Å²) in [5.41, 5.74) is 0.784. The van der Waals surface area contributed by atoms with Gasteiger partial charge in [-0.2, -0.15) is 5.10 Å². The van der Waals surface area contributed by atoms with Crippen LogP contribution in [0.2, 0.25) is 0 Å². The second kappa shape index (κ2) is 5.54. The van der Waals surface area contributed by atoms with E-state index in [-0.39, 0.29) is 0 Å². The van der Waals surface area contributed by atoms with Gasteiger partial charge in [0.05, 0.1) is 6.21 Å². The molecule has 16 heavy (non-hydrogen) atoms. The van der Waals surface area contributed by atoms with Gasteiger partial charge in [0.2, 0.25) is 0 Å². The van der Waals surface area contributed by atoms with Crippen LogP contribution in [0, 0.1) is 0 Å². The fourth-order valence-corrected chi connectivity index (χ4v) is 1.91. The van der Waals surface area contributed by atoms with Crippen molar-refractivity contribution in [3.63, 3.8) is 0 Å². The number of aromatic hydroxyl groups is 1. The minimum absolute atomic E-state index is 0.293. The molecule has 1 N–H and O–H groups in total. The molecule has 1 fully saturated rings. The normalized spacial score (nSPS) is 17.6. The third kappa shape index (κ3) is 2.99. The van der Waals surface area contributed by atoms with Gasteiger partial charge in [0.1, 0.15) is 5.75 Å². The third-order valence-corrected chi connectivity index (χ3v) is 2.88. The fraction of sp³-hybridized carbons (Fsp3) is 0.462. The second-order valence-electron chi connectivity index (χ2n) is 4.17. The van der Waals surface area contributed by atoms with Crippen molar-refractivity contribution in [3.05, 3.63) is 29.8 Å². The second-order valence-corrected chi connectivity index (χ2v) is 4.17. The Labute approximate surface area is 96.4 Å². The maximum absolute atomic E-state index is 9.59. The lowest BCUT2D eigenvalue weighted by molar-refractivity contribution is 0.302. The van der Waals surface area contributed by atoms with Crippen LogP contribution in [0.15, 0.2) is 29.4 Å². The van der Waals surface area contributed by atoms with Crippen molar-refractivity contribution in [3.8, 4) is 5.75 Å². The van der Waals surface area contributed by atoms with Gasteiger partial charge in [0, 0.05) is 18.7 Å². The number of rotatable bonds is 2. The first kappa shape index (κ1) is 11.0. The molecule has 0 saturated carbocycles. The topological polar surface area (TPSA) is 35.8 Å². The van der Waals surface area contributed by atoms with Crippen LogP contribution in [0.3, 0.4) is 0 Å². The van der Waals surface area contributed by atoms with Crippen LogP contribution in [-0.4, -0.2) is 29.4 Å². The summed E-state index contributed by atoms with van der Waals surface area (Å²) >= 11 is 0. The SMILES string of the molecule is Oc1ccccc1/C=N\N1CCCCCC1. The predicted octanol–water partition coefficient (Wildman–Crippen LogP) is 2.60. The molecule has 0 aliphatic carbocycles. The molecule has 1 aromatic carbocycles. The number of phenolic OH excluding ortho intramolecular Hbond substituents is 1. The standard InChI is InChI=1S/C13H18N2O/c16-13-8-4-3-7-12(13)11-14-15-9-5-1-2-6-10-15/h3-4,7-8,11,16H,1-2,5-6,9-10H2/b14-11-. The number of hydrazone groups is 1. The van der Waals surface area contributed by atoms with Crippen LogP contribution in [0.4, 0.5) is 0 Å². The summed E-state index contributed by atoms with van der Waals surface area (Å²) in [6, 6.07) is 7.28. The van der Waals surface area contributed by atoms with E-state index in [0.717, 1.165) is 18.7 Å². The quantitative estimate of drug-likeness (QED) is 0.774. The Kier molecular flexibility index (Phi) is 3.81. The Balaban J connectivity index is 2.00. The number of benzene rings is 1. The molecule has 1 saturated heterocycles. The molecule has 0 spiro atoms. The first-order valence-electron chi connectivity index (χ1n) is 5.93.